The number of halogens is 1. The molecule has 0 aromatic heterocycles. The van der Waals surface area contributed by atoms with E-state index in [9.17, 15) is 0 Å². The lowest BCUT2D eigenvalue weighted by Gasteiger charge is -2.16. The molecule has 4 N–H and O–H groups in total. The van der Waals surface area contributed by atoms with Crippen LogP contribution in [0.3, 0.4) is 0 Å². The Kier molecular flexibility index (Phi) is 7.48. The predicted molar refractivity (Wildman–Crippen MR) is 107 cm³/mol. The van der Waals surface area contributed by atoms with Crippen LogP contribution >= 0.6 is 12.4 Å². The van der Waals surface area contributed by atoms with Crippen molar-refractivity contribution in [2.45, 2.75) is 12.5 Å². The quantitative estimate of drug-likeness (QED) is 0.611. The van der Waals surface area contributed by atoms with Gasteiger partial charge in [0.1, 0.15) is 11.5 Å². The Morgan fingerprint density at radius 2 is 1.27 bits per heavy atom. The van der Waals surface area contributed by atoms with Crippen molar-refractivity contribution in [2.75, 3.05) is 6.54 Å². The maximum absolute atomic E-state index is 6.19. The highest BCUT2D eigenvalue weighted by atomic mass is 35.5. The second kappa shape index (κ2) is 9.82. The van der Waals surface area contributed by atoms with E-state index in [0.29, 0.717) is 24.5 Å². The van der Waals surface area contributed by atoms with E-state index in [-0.39, 0.29) is 18.4 Å². The lowest BCUT2D eigenvalue weighted by atomic mass is 10.0. The maximum Gasteiger partial charge on any atom is 0.170 e. The van der Waals surface area contributed by atoms with Crippen molar-refractivity contribution < 1.29 is 9.47 Å². The molecule has 0 amide bonds. The van der Waals surface area contributed by atoms with Crippen LogP contribution in [0.15, 0.2) is 78.9 Å². The fourth-order valence-electron chi connectivity index (χ4n) is 2.50. The first-order chi connectivity index (χ1) is 12.3. The average molecular weight is 371 g/mol. The molecule has 0 aliphatic heterocycles. The number of hydrogen-bond donors (Lipinski definition) is 2. The van der Waals surface area contributed by atoms with Gasteiger partial charge in [-0.05, 0) is 54.9 Å². The van der Waals surface area contributed by atoms with Crippen LogP contribution in [-0.4, -0.2) is 6.54 Å². The minimum Gasteiger partial charge on any atom is -0.453 e. The number of nitrogens with two attached hydrogens (primary N) is 2. The van der Waals surface area contributed by atoms with E-state index in [0.717, 1.165) is 17.1 Å². The van der Waals surface area contributed by atoms with Gasteiger partial charge in [0.2, 0.25) is 0 Å². The number of hydrogen-bond acceptors (Lipinski definition) is 4. The molecule has 0 saturated carbocycles. The van der Waals surface area contributed by atoms with E-state index in [4.69, 9.17) is 20.9 Å². The molecule has 0 spiro atoms. The second-order valence-corrected chi connectivity index (χ2v) is 5.72. The average Bonchev–Trinajstić information content (AvgIpc) is 2.65. The molecular formula is C21H23ClN2O2. The van der Waals surface area contributed by atoms with Gasteiger partial charge in [0.15, 0.2) is 11.5 Å². The Balaban J connectivity index is 0.00000243. The van der Waals surface area contributed by atoms with Gasteiger partial charge in [-0.3, -0.25) is 0 Å². The first kappa shape index (κ1) is 19.8. The van der Waals surface area contributed by atoms with Gasteiger partial charge in [0.05, 0.1) is 0 Å². The first-order valence-corrected chi connectivity index (χ1v) is 8.31. The molecule has 0 radical (unpaired) electrons. The number of para-hydroxylation sites is 2. The fourth-order valence-corrected chi connectivity index (χ4v) is 2.50. The number of ether oxygens (including phenoxy) is 2. The molecule has 136 valence electrons. The summed E-state index contributed by atoms with van der Waals surface area (Å²) < 4.78 is 12.0. The molecular weight excluding hydrogens is 348 g/mol. The first-order valence-electron chi connectivity index (χ1n) is 8.31. The van der Waals surface area contributed by atoms with Gasteiger partial charge >= 0.3 is 0 Å². The molecule has 0 aliphatic rings. The Morgan fingerprint density at radius 1 is 0.731 bits per heavy atom. The highest BCUT2D eigenvalue weighted by molar-refractivity contribution is 5.85. The Bertz CT molecular complexity index is 798. The fraction of sp³-hybridized carbons (Fsp3) is 0.143. The van der Waals surface area contributed by atoms with Crippen LogP contribution in [-0.2, 0) is 0 Å². The summed E-state index contributed by atoms with van der Waals surface area (Å²) in [6.45, 7) is 0.540. The molecule has 0 saturated heterocycles. The minimum absolute atomic E-state index is 0. The second-order valence-electron chi connectivity index (χ2n) is 5.72. The molecule has 0 unspecified atom stereocenters. The number of rotatable bonds is 7. The molecule has 3 aromatic carbocycles. The maximum atomic E-state index is 6.19. The largest absolute Gasteiger partial charge is 0.453 e. The molecule has 0 bridgehead atoms. The Labute approximate surface area is 160 Å². The summed E-state index contributed by atoms with van der Waals surface area (Å²) >= 11 is 0. The zero-order valence-corrected chi connectivity index (χ0v) is 15.2. The van der Waals surface area contributed by atoms with Crippen molar-refractivity contribution >= 4 is 12.4 Å². The van der Waals surface area contributed by atoms with Crippen molar-refractivity contribution in [1.29, 1.82) is 0 Å². The number of benzene rings is 3. The van der Waals surface area contributed by atoms with Crippen LogP contribution in [0.1, 0.15) is 18.0 Å². The summed E-state index contributed by atoms with van der Waals surface area (Å²) in [5.41, 5.74) is 12.8. The smallest absolute Gasteiger partial charge is 0.170 e. The van der Waals surface area contributed by atoms with Crippen molar-refractivity contribution in [3.63, 3.8) is 0 Å². The standard InChI is InChI=1S/C21H22N2O2.ClH/c22-14-13-19(23)16-11-12-20(24-17-7-3-1-4-8-17)21(15-16)25-18-9-5-2-6-10-18;/h1-12,15,19H,13-14,22-23H2;1H/t19-;/m0./s1. The SMILES string of the molecule is Cl.NCC[C@H](N)c1ccc(Oc2ccccc2)c(Oc2ccccc2)c1. The normalized spacial score (nSPS) is 11.3. The molecule has 4 nitrogen and oxygen atoms in total. The summed E-state index contributed by atoms with van der Waals surface area (Å²) in [7, 11) is 0. The summed E-state index contributed by atoms with van der Waals surface area (Å²) in [4.78, 5) is 0. The highest BCUT2D eigenvalue weighted by Gasteiger charge is 2.13. The van der Waals surface area contributed by atoms with E-state index < -0.39 is 0 Å². The van der Waals surface area contributed by atoms with Crippen LogP contribution in [0, 0.1) is 0 Å². The summed E-state index contributed by atoms with van der Waals surface area (Å²) in [5, 5.41) is 0. The third-order valence-electron chi connectivity index (χ3n) is 3.82. The summed E-state index contributed by atoms with van der Waals surface area (Å²) in [6.07, 6.45) is 0.712. The Hall–Kier alpha value is -2.53. The molecule has 0 aliphatic carbocycles. The molecule has 1 atom stereocenters. The van der Waals surface area contributed by atoms with E-state index in [1.54, 1.807) is 0 Å². The highest BCUT2D eigenvalue weighted by Crippen LogP contribution is 2.36. The van der Waals surface area contributed by atoms with Crippen LogP contribution in [0.4, 0.5) is 0 Å². The van der Waals surface area contributed by atoms with E-state index >= 15 is 0 Å². The molecule has 0 fully saturated rings. The summed E-state index contributed by atoms with van der Waals surface area (Å²) in [6, 6.07) is 24.8. The Morgan fingerprint density at radius 3 is 1.81 bits per heavy atom. The van der Waals surface area contributed by atoms with Gasteiger partial charge in [-0.15, -0.1) is 12.4 Å². The van der Waals surface area contributed by atoms with E-state index in [1.165, 1.54) is 0 Å². The van der Waals surface area contributed by atoms with Gasteiger partial charge in [-0.1, -0.05) is 42.5 Å². The van der Waals surface area contributed by atoms with Gasteiger partial charge in [0.25, 0.3) is 0 Å². The lowest BCUT2D eigenvalue weighted by molar-refractivity contribution is 0.417. The molecule has 3 aromatic rings. The van der Waals surface area contributed by atoms with E-state index in [1.807, 2.05) is 78.9 Å². The van der Waals surface area contributed by atoms with Crippen LogP contribution in [0.2, 0.25) is 0 Å². The van der Waals surface area contributed by atoms with Crippen LogP contribution in [0.25, 0.3) is 0 Å². The monoisotopic (exact) mass is 370 g/mol. The van der Waals surface area contributed by atoms with Crippen molar-refractivity contribution in [3.05, 3.63) is 84.4 Å². The van der Waals surface area contributed by atoms with E-state index in [2.05, 4.69) is 0 Å². The molecule has 26 heavy (non-hydrogen) atoms. The predicted octanol–water partition coefficient (Wildman–Crippen LogP) is 5.04. The minimum atomic E-state index is -0.131. The van der Waals surface area contributed by atoms with Gasteiger partial charge in [-0.25, -0.2) is 0 Å². The summed E-state index contributed by atoms with van der Waals surface area (Å²) in [5.74, 6) is 2.75. The third-order valence-corrected chi connectivity index (χ3v) is 3.82. The molecule has 0 heterocycles. The van der Waals surface area contributed by atoms with Crippen molar-refractivity contribution in [2.24, 2.45) is 11.5 Å². The van der Waals surface area contributed by atoms with Crippen molar-refractivity contribution in [1.82, 2.24) is 0 Å². The van der Waals surface area contributed by atoms with Crippen LogP contribution < -0.4 is 20.9 Å². The van der Waals surface area contributed by atoms with Gasteiger partial charge in [0, 0.05) is 6.04 Å². The lowest BCUT2D eigenvalue weighted by Crippen LogP contribution is -2.15. The van der Waals surface area contributed by atoms with Gasteiger partial charge < -0.3 is 20.9 Å². The van der Waals surface area contributed by atoms with Gasteiger partial charge in [-0.2, -0.15) is 0 Å². The van der Waals surface area contributed by atoms with Crippen molar-refractivity contribution in [3.8, 4) is 23.0 Å². The molecule has 3 rings (SSSR count). The molecule has 5 heteroatoms. The zero-order valence-electron chi connectivity index (χ0n) is 14.4. The van der Waals surface area contributed by atoms with Crippen LogP contribution in [0.5, 0.6) is 23.0 Å². The third kappa shape index (κ3) is 5.23. The topological polar surface area (TPSA) is 70.5 Å². The zero-order chi connectivity index (χ0) is 17.5.